The van der Waals surface area contributed by atoms with Gasteiger partial charge in [0.25, 0.3) is 0 Å². The first-order valence-electron chi connectivity index (χ1n) is 7.51. The minimum Gasteiger partial charge on any atom is -0.497 e. The van der Waals surface area contributed by atoms with E-state index in [1.54, 1.807) is 7.11 Å². The molecule has 0 aromatic heterocycles. The van der Waals surface area contributed by atoms with E-state index in [-0.39, 0.29) is 24.0 Å². The molecular weight excluding hydrogens is 415 g/mol. The summed E-state index contributed by atoms with van der Waals surface area (Å²) < 4.78 is 5.19. The number of nitrogens with zero attached hydrogens (tertiary/aromatic N) is 2. The molecule has 2 aromatic rings. The Morgan fingerprint density at radius 3 is 2.50 bits per heavy atom. The molecule has 0 spiro atoms. The van der Waals surface area contributed by atoms with Crippen molar-refractivity contribution in [3.63, 3.8) is 0 Å². The Bertz CT molecular complexity index is 674. The summed E-state index contributed by atoms with van der Waals surface area (Å²) in [5, 5.41) is 3.08. The van der Waals surface area contributed by atoms with E-state index in [4.69, 9.17) is 10.5 Å². The maximum absolute atomic E-state index is 5.98. The van der Waals surface area contributed by atoms with Crippen molar-refractivity contribution < 1.29 is 4.74 Å². The van der Waals surface area contributed by atoms with Gasteiger partial charge in [-0.05, 0) is 37.4 Å². The molecule has 0 aliphatic heterocycles. The summed E-state index contributed by atoms with van der Waals surface area (Å²) in [6.07, 6.45) is 0. The smallest absolute Gasteiger partial charge is 0.193 e. The van der Waals surface area contributed by atoms with Gasteiger partial charge in [-0.15, -0.1) is 24.0 Å². The Hall–Kier alpha value is -1.80. The van der Waals surface area contributed by atoms with Gasteiger partial charge in [0.2, 0.25) is 0 Å². The van der Waals surface area contributed by atoms with Gasteiger partial charge in [0.05, 0.1) is 13.7 Å². The molecule has 0 saturated carbocycles. The molecule has 0 atom stereocenters. The van der Waals surface area contributed by atoms with Crippen LogP contribution < -0.4 is 15.8 Å². The van der Waals surface area contributed by atoms with Gasteiger partial charge >= 0.3 is 0 Å². The second kappa shape index (κ2) is 10.1. The number of halogens is 1. The Morgan fingerprint density at radius 2 is 1.83 bits per heavy atom. The summed E-state index contributed by atoms with van der Waals surface area (Å²) in [6, 6.07) is 15.9. The van der Waals surface area contributed by atoms with Crippen molar-refractivity contribution in [1.82, 2.24) is 4.90 Å². The molecular formula is C18H25IN4O. The van der Waals surface area contributed by atoms with Crippen molar-refractivity contribution in [3.8, 4) is 5.75 Å². The Morgan fingerprint density at radius 1 is 1.12 bits per heavy atom. The highest BCUT2D eigenvalue weighted by atomic mass is 127. The number of rotatable bonds is 6. The fraction of sp³-hybridized carbons (Fsp3) is 0.278. The van der Waals surface area contributed by atoms with Crippen molar-refractivity contribution in [2.45, 2.75) is 13.1 Å². The monoisotopic (exact) mass is 440 g/mol. The van der Waals surface area contributed by atoms with Crippen LogP contribution in [0.15, 0.2) is 53.5 Å². The second-order valence-electron chi connectivity index (χ2n) is 5.56. The largest absolute Gasteiger partial charge is 0.497 e. The molecule has 0 bridgehead atoms. The zero-order valence-electron chi connectivity index (χ0n) is 14.3. The lowest BCUT2D eigenvalue weighted by molar-refractivity contribution is 0.401. The molecule has 0 heterocycles. The van der Waals surface area contributed by atoms with Crippen LogP contribution in [0.2, 0.25) is 0 Å². The van der Waals surface area contributed by atoms with Gasteiger partial charge in [-0.2, -0.15) is 0 Å². The summed E-state index contributed by atoms with van der Waals surface area (Å²) in [7, 11) is 5.75. The van der Waals surface area contributed by atoms with Crippen LogP contribution >= 0.6 is 24.0 Å². The summed E-state index contributed by atoms with van der Waals surface area (Å²) in [6.45, 7) is 1.43. The van der Waals surface area contributed by atoms with E-state index < -0.39 is 0 Å². The van der Waals surface area contributed by atoms with Gasteiger partial charge < -0.3 is 20.7 Å². The normalized spacial score (nSPS) is 11.1. The molecule has 0 saturated heterocycles. The van der Waals surface area contributed by atoms with Crippen LogP contribution in [0.3, 0.4) is 0 Å². The van der Waals surface area contributed by atoms with E-state index in [0.29, 0.717) is 12.5 Å². The third-order valence-electron chi connectivity index (χ3n) is 3.37. The van der Waals surface area contributed by atoms with E-state index in [1.807, 2.05) is 36.4 Å². The van der Waals surface area contributed by atoms with Crippen molar-refractivity contribution in [2.24, 2.45) is 10.7 Å². The fourth-order valence-electron chi connectivity index (χ4n) is 2.27. The number of benzene rings is 2. The molecule has 0 aliphatic rings. The Labute approximate surface area is 160 Å². The molecule has 2 aromatic carbocycles. The van der Waals surface area contributed by atoms with Gasteiger partial charge in [-0.3, -0.25) is 0 Å². The third-order valence-corrected chi connectivity index (χ3v) is 3.37. The van der Waals surface area contributed by atoms with Gasteiger partial charge in [0.15, 0.2) is 5.96 Å². The van der Waals surface area contributed by atoms with Gasteiger partial charge in [-0.1, -0.05) is 30.3 Å². The molecule has 3 N–H and O–H groups in total. The number of hydrogen-bond donors (Lipinski definition) is 2. The Kier molecular flexibility index (Phi) is 8.56. The minimum atomic E-state index is 0. The first-order valence-corrected chi connectivity index (χ1v) is 7.51. The summed E-state index contributed by atoms with van der Waals surface area (Å²) in [5.41, 5.74) is 9.27. The predicted molar refractivity (Wildman–Crippen MR) is 111 cm³/mol. The molecule has 2 rings (SSSR count). The number of ether oxygens (including phenoxy) is 1. The number of hydrogen-bond acceptors (Lipinski definition) is 3. The third kappa shape index (κ3) is 6.37. The topological polar surface area (TPSA) is 62.9 Å². The second-order valence-corrected chi connectivity index (χ2v) is 5.56. The van der Waals surface area contributed by atoms with Crippen LogP contribution in [0.1, 0.15) is 11.1 Å². The van der Waals surface area contributed by atoms with Gasteiger partial charge in [0.1, 0.15) is 5.75 Å². The highest BCUT2D eigenvalue weighted by molar-refractivity contribution is 14.0. The summed E-state index contributed by atoms with van der Waals surface area (Å²) in [4.78, 5) is 6.58. The highest BCUT2D eigenvalue weighted by Gasteiger charge is 2.03. The lowest BCUT2D eigenvalue weighted by atomic mass is 10.1. The molecule has 130 valence electrons. The van der Waals surface area contributed by atoms with E-state index in [9.17, 15) is 0 Å². The van der Waals surface area contributed by atoms with Crippen molar-refractivity contribution in [3.05, 3.63) is 59.7 Å². The summed E-state index contributed by atoms with van der Waals surface area (Å²) >= 11 is 0. The fourth-order valence-corrected chi connectivity index (χ4v) is 2.27. The SMILES string of the molecule is COc1cccc(NC(N)=NCc2ccccc2CN(C)C)c1.I. The molecule has 0 fully saturated rings. The lowest BCUT2D eigenvalue weighted by Crippen LogP contribution is -2.22. The van der Waals surface area contributed by atoms with Crippen LogP contribution in [0.25, 0.3) is 0 Å². The number of aliphatic imine (C=N–C) groups is 1. The van der Waals surface area contributed by atoms with Gasteiger partial charge in [0, 0.05) is 18.3 Å². The highest BCUT2D eigenvalue weighted by Crippen LogP contribution is 2.16. The van der Waals surface area contributed by atoms with E-state index in [1.165, 1.54) is 11.1 Å². The van der Waals surface area contributed by atoms with Crippen LogP contribution in [-0.2, 0) is 13.1 Å². The molecule has 0 amide bonds. The van der Waals surface area contributed by atoms with E-state index in [2.05, 4.69) is 41.4 Å². The van der Waals surface area contributed by atoms with Crippen molar-refractivity contribution in [1.29, 1.82) is 0 Å². The maximum atomic E-state index is 5.98. The van der Waals surface area contributed by atoms with Crippen LogP contribution in [-0.4, -0.2) is 32.1 Å². The van der Waals surface area contributed by atoms with E-state index in [0.717, 1.165) is 18.0 Å². The number of anilines is 1. The average molecular weight is 440 g/mol. The number of methoxy groups -OCH3 is 1. The van der Waals surface area contributed by atoms with Crippen molar-refractivity contribution in [2.75, 3.05) is 26.5 Å². The molecule has 5 nitrogen and oxygen atoms in total. The van der Waals surface area contributed by atoms with Crippen LogP contribution in [0.5, 0.6) is 5.75 Å². The van der Waals surface area contributed by atoms with Crippen LogP contribution in [0, 0.1) is 0 Å². The minimum absolute atomic E-state index is 0. The van der Waals surface area contributed by atoms with Crippen LogP contribution in [0.4, 0.5) is 5.69 Å². The molecule has 0 unspecified atom stereocenters. The zero-order chi connectivity index (χ0) is 16.7. The summed E-state index contributed by atoms with van der Waals surface area (Å²) in [5.74, 6) is 1.16. The standard InChI is InChI=1S/C18H24N4O.HI/c1-22(2)13-15-8-5-4-7-14(15)12-20-18(19)21-16-9-6-10-17(11-16)23-3;/h4-11H,12-13H2,1-3H3,(H3,19,20,21);1H. The molecule has 0 aliphatic carbocycles. The number of nitrogens with one attached hydrogen (secondary N) is 1. The maximum Gasteiger partial charge on any atom is 0.193 e. The number of guanidine groups is 1. The first-order chi connectivity index (χ1) is 11.1. The van der Waals surface area contributed by atoms with E-state index >= 15 is 0 Å². The molecule has 24 heavy (non-hydrogen) atoms. The Balaban J connectivity index is 0.00000288. The zero-order valence-corrected chi connectivity index (χ0v) is 16.7. The average Bonchev–Trinajstić information content (AvgIpc) is 2.53. The first kappa shape index (κ1) is 20.2. The molecule has 6 heteroatoms. The molecule has 0 radical (unpaired) electrons. The predicted octanol–water partition coefficient (Wildman–Crippen LogP) is 3.30. The number of nitrogens with two attached hydrogens (primary N) is 1. The van der Waals surface area contributed by atoms with Gasteiger partial charge in [-0.25, -0.2) is 4.99 Å². The quantitative estimate of drug-likeness (QED) is 0.411. The lowest BCUT2D eigenvalue weighted by Gasteiger charge is -2.13. The van der Waals surface area contributed by atoms with Crippen molar-refractivity contribution >= 4 is 35.6 Å².